The fourth-order valence-corrected chi connectivity index (χ4v) is 2.15. The Morgan fingerprint density at radius 3 is 3.00 bits per heavy atom. The van der Waals surface area contributed by atoms with Gasteiger partial charge in [0.25, 0.3) is 5.56 Å². The largest absolute Gasteiger partial charge is 0.448 e. The molecule has 3 heterocycles. The van der Waals surface area contributed by atoms with E-state index < -0.39 is 0 Å². The summed E-state index contributed by atoms with van der Waals surface area (Å²) in [7, 11) is 0. The summed E-state index contributed by atoms with van der Waals surface area (Å²) in [4.78, 5) is 29.4. The van der Waals surface area contributed by atoms with Crippen molar-refractivity contribution in [2.24, 2.45) is 0 Å². The number of fused-ring (bicyclic) bond motifs is 1. The van der Waals surface area contributed by atoms with E-state index in [0.29, 0.717) is 31.0 Å². The maximum Gasteiger partial charge on any atom is 0.410 e. The van der Waals surface area contributed by atoms with Crippen LogP contribution in [0, 0.1) is 6.92 Å². The van der Waals surface area contributed by atoms with Crippen LogP contribution in [0.15, 0.2) is 29.2 Å². The van der Waals surface area contributed by atoms with E-state index in [1.807, 2.05) is 19.1 Å². The Labute approximate surface area is 109 Å². The van der Waals surface area contributed by atoms with Gasteiger partial charge < -0.3 is 4.74 Å². The van der Waals surface area contributed by atoms with Crippen molar-refractivity contribution < 1.29 is 9.53 Å². The van der Waals surface area contributed by atoms with Crippen molar-refractivity contribution in [3.63, 3.8) is 0 Å². The predicted molar refractivity (Wildman–Crippen MR) is 68.0 cm³/mol. The Hall–Kier alpha value is -2.37. The van der Waals surface area contributed by atoms with Gasteiger partial charge in [0.1, 0.15) is 12.3 Å². The molecule has 0 aliphatic carbocycles. The molecular weight excluding hydrogens is 246 g/mol. The van der Waals surface area contributed by atoms with Crippen LogP contribution in [-0.4, -0.2) is 33.5 Å². The Balaban J connectivity index is 2.03. The fraction of sp³-hybridized carbons (Fsp3) is 0.308. The second-order valence-electron chi connectivity index (χ2n) is 4.51. The smallest absolute Gasteiger partial charge is 0.410 e. The van der Waals surface area contributed by atoms with Gasteiger partial charge in [-0.1, -0.05) is 6.07 Å². The third kappa shape index (κ3) is 2.05. The molecule has 0 bridgehead atoms. The Kier molecular flexibility index (Phi) is 2.70. The van der Waals surface area contributed by atoms with Gasteiger partial charge in [-0.05, 0) is 18.6 Å². The van der Waals surface area contributed by atoms with Crippen molar-refractivity contribution in [1.29, 1.82) is 0 Å². The number of rotatable bonds is 2. The van der Waals surface area contributed by atoms with Crippen LogP contribution in [0.3, 0.4) is 0 Å². The van der Waals surface area contributed by atoms with E-state index in [1.165, 1.54) is 15.4 Å². The van der Waals surface area contributed by atoms with Crippen LogP contribution >= 0.6 is 0 Å². The molecule has 0 radical (unpaired) electrons. The van der Waals surface area contributed by atoms with Gasteiger partial charge in [-0.15, -0.1) is 0 Å². The monoisotopic (exact) mass is 259 g/mol. The van der Waals surface area contributed by atoms with Crippen molar-refractivity contribution in [2.75, 3.05) is 13.2 Å². The minimum absolute atomic E-state index is 0.142. The van der Waals surface area contributed by atoms with Gasteiger partial charge in [0, 0.05) is 12.3 Å². The van der Waals surface area contributed by atoms with E-state index in [1.54, 1.807) is 6.20 Å². The average molecular weight is 259 g/mol. The Morgan fingerprint density at radius 2 is 2.26 bits per heavy atom. The lowest BCUT2D eigenvalue weighted by Gasteiger charge is -2.12. The first-order valence-corrected chi connectivity index (χ1v) is 6.05. The normalized spacial score (nSPS) is 15.0. The second kappa shape index (κ2) is 4.38. The molecule has 0 N–H and O–H groups in total. The van der Waals surface area contributed by atoms with E-state index in [4.69, 9.17) is 4.74 Å². The van der Waals surface area contributed by atoms with Crippen LogP contribution in [0.1, 0.15) is 11.3 Å². The summed E-state index contributed by atoms with van der Waals surface area (Å²) in [6, 6.07) is 5.16. The molecule has 1 aliphatic heterocycles. The summed E-state index contributed by atoms with van der Waals surface area (Å²) in [6.45, 7) is 3.13. The molecule has 2 aromatic rings. The molecule has 1 aliphatic rings. The summed E-state index contributed by atoms with van der Waals surface area (Å²) in [5.41, 5.74) is 1.98. The SMILES string of the molecule is Cc1cccn2c(=O)cc(CN3CCOC3=O)nc12. The van der Waals surface area contributed by atoms with Gasteiger partial charge >= 0.3 is 6.09 Å². The second-order valence-corrected chi connectivity index (χ2v) is 4.51. The van der Waals surface area contributed by atoms with E-state index >= 15 is 0 Å². The van der Waals surface area contributed by atoms with Gasteiger partial charge in [-0.2, -0.15) is 0 Å². The first kappa shape index (κ1) is 11.7. The third-order valence-corrected chi connectivity index (χ3v) is 3.14. The zero-order valence-corrected chi connectivity index (χ0v) is 10.5. The predicted octanol–water partition coefficient (Wildman–Crippen LogP) is 0.955. The van der Waals surface area contributed by atoms with Crippen LogP contribution in [-0.2, 0) is 11.3 Å². The topological polar surface area (TPSA) is 63.9 Å². The Morgan fingerprint density at radius 1 is 1.42 bits per heavy atom. The first-order valence-electron chi connectivity index (χ1n) is 6.05. The van der Waals surface area contributed by atoms with Crippen molar-refractivity contribution in [3.8, 4) is 0 Å². The number of hydrogen-bond donors (Lipinski definition) is 0. The standard InChI is InChI=1S/C13H13N3O3/c1-9-3-2-4-16-11(17)7-10(14-12(9)16)8-15-5-6-19-13(15)18/h2-4,7H,5-6,8H2,1H3. The molecule has 1 saturated heterocycles. The van der Waals surface area contributed by atoms with Gasteiger partial charge in [-0.25, -0.2) is 9.78 Å². The number of carbonyl (C=O) groups excluding carboxylic acids is 1. The van der Waals surface area contributed by atoms with Gasteiger partial charge in [0.15, 0.2) is 0 Å². The third-order valence-electron chi connectivity index (χ3n) is 3.14. The Bertz CT molecular complexity index is 708. The van der Waals surface area contributed by atoms with E-state index in [0.717, 1.165) is 5.56 Å². The zero-order chi connectivity index (χ0) is 13.4. The van der Waals surface area contributed by atoms with E-state index in [-0.39, 0.29) is 11.7 Å². The van der Waals surface area contributed by atoms with Crippen LogP contribution in [0.25, 0.3) is 5.65 Å². The summed E-state index contributed by atoms with van der Waals surface area (Å²) in [5, 5.41) is 0. The highest BCUT2D eigenvalue weighted by atomic mass is 16.6. The number of hydrogen-bond acceptors (Lipinski definition) is 4. The molecule has 0 unspecified atom stereocenters. The first-order chi connectivity index (χ1) is 9.15. The van der Waals surface area contributed by atoms with E-state index in [2.05, 4.69) is 4.98 Å². The van der Waals surface area contributed by atoms with Gasteiger partial charge in [0.05, 0.1) is 18.8 Å². The molecule has 0 atom stereocenters. The van der Waals surface area contributed by atoms with Crippen LogP contribution in [0.4, 0.5) is 4.79 Å². The van der Waals surface area contributed by atoms with Gasteiger partial charge in [0.2, 0.25) is 0 Å². The quantitative estimate of drug-likeness (QED) is 0.805. The molecule has 2 aromatic heterocycles. The zero-order valence-electron chi connectivity index (χ0n) is 10.5. The number of pyridine rings is 1. The molecule has 6 nitrogen and oxygen atoms in total. The summed E-state index contributed by atoms with van der Waals surface area (Å²) in [6.07, 6.45) is 1.33. The minimum Gasteiger partial charge on any atom is -0.448 e. The van der Waals surface area contributed by atoms with E-state index in [9.17, 15) is 9.59 Å². The number of aryl methyl sites for hydroxylation is 1. The molecule has 19 heavy (non-hydrogen) atoms. The van der Waals surface area contributed by atoms with Crippen molar-refractivity contribution in [3.05, 3.63) is 46.0 Å². The lowest BCUT2D eigenvalue weighted by Crippen LogP contribution is -2.26. The van der Waals surface area contributed by atoms with Crippen molar-refractivity contribution in [2.45, 2.75) is 13.5 Å². The molecule has 0 spiro atoms. The highest BCUT2D eigenvalue weighted by molar-refractivity contribution is 5.69. The summed E-state index contributed by atoms with van der Waals surface area (Å²) in [5.74, 6) is 0. The molecule has 6 heteroatoms. The van der Waals surface area contributed by atoms with Crippen LogP contribution in [0.2, 0.25) is 0 Å². The average Bonchev–Trinajstić information content (AvgIpc) is 2.77. The highest BCUT2D eigenvalue weighted by Crippen LogP contribution is 2.10. The van der Waals surface area contributed by atoms with Crippen LogP contribution < -0.4 is 5.56 Å². The maximum atomic E-state index is 12.0. The number of amides is 1. The van der Waals surface area contributed by atoms with Crippen LogP contribution in [0.5, 0.6) is 0 Å². The summed E-state index contributed by atoms with van der Waals surface area (Å²) < 4.78 is 6.36. The lowest BCUT2D eigenvalue weighted by atomic mass is 10.3. The number of cyclic esters (lactones) is 1. The lowest BCUT2D eigenvalue weighted by molar-refractivity contribution is 0.157. The fourth-order valence-electron chi connectivity index (χ4n) is 2.15. The highest BCUT2D eigenvalue weighted by Gasteiger charge is 2.22. The number of ether oxygens (including phenoxy) is 1. The van der Waals surface area contributed by atoms with Crippen molar-refractivity contribution in [1.82, 2.24) is 14.3 Å². The molecule has 0 saturated carbocycles. The molecular formula is C13H13N3O3. The van der Waals surface area contributed by atoms with Crippen molar-refractivity contribution >= 4 is 11.7 Å². The summed E-state index contributed by atoms with van der Waals surface area (Å²) >= 11 is 0. The molecule has 3 rings (SSSR count). The number of carbonyl (C=O) groups is 1. The molecule has 0 aromatic carbocycles. The molecule has 1 amide bonds. The minimum atomic E-state index is -0.355. The number of nitrogens with zero attached hydrogens (tertiary/aromatic N) is 3. The number of aromatic nitrogens is 2. The molecule has 98 valence electrons. The van der Waals surface area contributed by atoms with Gasteiger partial charge in [-0.3, -0.25) is 14.1 Å². The maximum absolute atomic E-state index is 12.0. The molecule has 1 fully saturated rings.